The van der Waals surface area contributed by atoms with Crippen LogP contribution >= 0.6 is 0 Å². The number of hydrogen-bond acceptors (Lipinski definition) is 2. The molecular formula is C9H17NO2. The van der Waals surface area contributed by atoms with Crippen LogP contribution in [0.5, 0.6) is 0 Å². The normalized spacial score (nSPS) is 30.4. The van der Waals surface area contributed by atoms with Gasteiger partial charge in [-0.05, 0) is 18.8 Å². The van der Waals surface area contributed by atoms with E-state index in [0.717, 1.165) is 19.4 Å². The van der Waals surface area contributed by atoms with Gasteiger partial charge in [0.15, 0.2) is 0 Å². The van der Waals surface area contributed by atoms with Crippen molar-refractivity contribution in [3.63, 3.8) is 0 Å². The molecule has 0 aromatic rings. The van der Waals surface area contributed by atoms with Crippen molar-refractivity contribution in [1.82, 2.24) is 4.90 Å². The predicted molar refractivity (Wildman–Crippen MR) is 46.7 cm³/mol. The topological polar surface area (TPSA) is 40.5 Å². The van der Waals surface area contributed by atoms with Crippen molar-refractivity contribution in [3.05, 3.63) is 0 Å². The maximum Gasteiger partial charge on any atom is 0.219 e. The molecule has 1 saturated heterocycles. The largest absolute Gasteiger partial charge is 0.394 e. The van der Waals surface area contributed by atoms with E-state index in [1.54, 1.807) is 11.8 Å². The second kappa shape index (κ2) is 3.90. The fourth-order valence-electron chi connectivity index (χ4n) is 1.78. The molecule has 1 N–H and O–H groups in total. The summed E-state index contributed by atoms with van der Waals surface area (Å²) >= 11 is 0. The number of amides is 1. The van der Waals surface area contributed by atoms with E-state index < -0.39 is 0 Å². The molecule has 0 radical (unpaired) electrons. The molecule has 0 unspecified atom stereocenters. The van der Waals surface area contributed by atoms with Crippen LogP contribution in [0.3, 0.4) is 0 Å². The first-order valence-electron chi connectivity index (χ1n) is 4.53. The molecule has 0 aliphatic carbocycles. The standard InChI is InChI=1S/C9H17NO2/c1-7-3-4-9(6-11)10(5-7)8(2)12/h7,9,11H,3-6H2,1-2H3/t7-,9-/m0/s1. The third-order valence-electron chi connectivity index (χ3n) is 2.56. The van der Waals surface area contributed by atoms with Crippen molar-refractivity contribution in [2.75, 3.05) is 13.2 Å². The van der Waals surface area contributed by atoms with Gasteiger partial charge >= 0.3 is 0 Å². The summed E-state index contributed by atoms with van der Waals surface area (Å²) in [6.45, 7) is 4.62. The number of rotatable bonds is 1. The molecule has 1 amide bonds. The van der Waals surface area contributed by atoms with E-state index >= 15 is 0 Å². The number of piperidine rings is 1. The molecular weight excluding hydrogens is 154 g/mol. The van der Waals surface area contributed by atoms with Crippen LogP contribution in [0.15, 0.2) is 0 Å². The minimum Gasteiger partial charge on any atom is -0.394 e. The van der Waals surface area contributed by atoms with Crippen molar-refractivity contribution in [2.45, 2.75) is 32.7 Å². The van der Waals surface area contributed by atoms with Gasteiger partial charge in [0.1, 0.15) is 0 Å². The van der Waals surface area contributed by atoms with Crippen LogP contribution in [-0.2, 0) is 4.79 Å². The quantitative estimate of drug-likeness (QED) is 0.628. The highest BCUT2D eigenvalue weighted by Gasteiger charge is 2.26. The van der Waals surface area contributed by atoms with E-state index in [-0.39, 0.29) is 18.6 Å². The number of carbonyl (C=O) groups excluding carboxylic acids is 1. The van der Waals surface area contributed by atoms with Gasteiger partial charge in [0.25, 0.3) is 0 Å². The summed E-state index contributed by atoms with van der Waals surface area (Å²) in [4.78, 5) is 12.9. The molecule has 1 heterocycles. The molecule has 3 heteroatoms. The minimum atomic E-state index is 0.0682. The van der Waals surface area contributed by atoms with E-state index in [9.17, 15) is 4.79 Å². The molecule has 0 spiro atoms. The Morgan fingerprint density at radius 3 is 2.75 bits per heavy atom. The smallest absolute Gasteiger partial charge is 0.219 e. The van der Waals surface area contributed by atoms with Crippen LogP contribution in [-0.4, -0.2) is 35.1 Å². The third-order valence-corrected chi connectivity index (χ3v) is 2.56. The van der Waals surface area contributed by atoms with Crippen molar-refractivity contribution < 1.29 is 9.90 Å². The van der Waals surface area contributed by atoms with Crippen LogP contribution in [0.1, 0.15) is 26.7 Å². The van der Waals surface area contributed by atoms with E-state index in [4.69, 9.17) is 5.11 Å². The SMILES string of the molecule is CC(=O)N1C[C@@H](C)CC[C@H]1CO. The zero-order chi connectivity index (χ0) is 9.14. The molecule has 2 atom stereocenters. The summed E-state index contributed by atoms with van der Waals surface area (Å²) in [5.41, 5.74) is 0. The van der Waals surface area contributed by atoms with E-state index in [0.29, 0.717) is 5.92 Å². The molecule has 3 nitrogen and oxygen atoms in total. The summed E-state index contributed by atoms with van der Waals surface area (Å²) in [7, 11) is 0. The van der Waals surface area contributed by atoms with E-state index in [1.807, 2.05) is 0 Å². The van der Waals surface area contributed by atoms with Gasteiger partial charge in [0, 0.05) is 13.5 Å². The zero-order valence-corrected chi connectivity index (χ0v) is 7.79. The lowest BCUT2D eigenvalue weighted by Gasteiger charge is -2.37. The minimum absolute atomic E-state index is 0.0682. The van der Waals surface area contributed by atoms with Crippen LogP contribution < -0.4 is 0 Å². The lowest BCUT2D eigenvalue weighted by atomic mass is 9.94. The highest BCUT2D eigenvalue weighted by molar-refractivity contribution is 5.73. The average Bonchev–Trinajstić information content (AvgIpc) is 2.04. The van der Waals surface area contributed by atoms with Crippen molar-refractivity contribution in [3.8, 4) is 0 Å². The van der Waals surface area contributed by atoms with Crippen LogP contribution in [0, 0.1) is 5.92 Å². The Kier molecular flexibility index (Phi) is 3.09. The van der Waals surface area contributed by atoms with Crippen LogP contribution in [0.4, 0.5) is 0 Å². The lowest BCUT2D eigenvalue weighted by Crippen LogP contribution is -2.47. The number of likely N-dealkylation sites (tertiary alicyclic amines) is 1. The highest BCUT2D eigenvalue weighted by atomic mass is 16.3. The number of carbonyl (C=O) groups is 1. The van der Waals surface area contributed by atoms with E-state index in [2.05, 4.69) is 6.92 Å². The van der Waals surface area contributed by atoms with Crippen molar-refractivity contribution in [2.24, 2.45) is 5.92 Å². The number of nitrogens with zero attached hydrogens (tertiary/aromatic N) is 1. The Hall–Kier alpha value is -0.570. The molecule has 0 aromatic carbocycles. The Labute approximate surface area is 73.4 Å². The monoisotopic (exact) mass is 171 g/mol. The summed E-state index contributed by atoms with van der Waals surface area (Å²) in [6, 6.07) is 0.0682. The fraction of sp³-hybridized carbons (Fsp3) is 0.889. The van der Waals surface area contributed by atoms with Gasteiger partial charge in [-0.25, -0.2) is 0 Å². The van der Waals surface area contributed by atoms with Gasteiger partial charge < -0.3 is 10.0 Å². The molecule has 1 rings (SSSR count). The molecule has 0 aromatic heterocycles. The number of hydrogen-bond donors (Lipinski definition) is 1. The maximum absolute atomic E-state index is 11.1. The average molecular weight is 171 g/mol. The molecule has 1 aliphatic rings. The third kappa shape index (κ3) is 1.97. The summed E-state index contributed by atoms with van der Waals surface area (Å²) in [5, 5.41) is 9.00. The molecule has 0 bridgehead atoms. The summed E-state index contributed by atoms with van der Waals surface area (Å²) in [6.07, 6.45) is 2.06. The Morgan fingerprint density at radius 1 is 1.58 bits per heavy atom. The molecule has 70 valence electrons. The first kappa shape index (κ1) is 9.52. The van der Waals surface area contributed by atoms with E-state index in [1.165, 1.54) is 0 Å². The van der Waals surface area contributed by atoms with Gasteiger partial charge in [0.05, 0.1) is 12.6 Å². The first-order chi connectivity index (χ1) is 5.65. The maximum atomic E-state index is 11.1. The lowest BCUT2D eigenvalue weighted by molar-refractivity contribution is -0.134. The van der Waals surface area contributed by atoms with Gasteiger partial charge in [-0.2, -0.15) is 0 Å². The van der Waals surface area contributed by atoms with Crippen LogP contribution in [0.25, 0.3) is 0 Å². The molecule has 1 fully saturated rings. The highest BCUT2D eigenvalue weighted by Crippen LogP contribution is 2.21. The number of aliphatic hydroxyl groups is 1. The van der Waals surface area contributed by atoms with Crippen LogP contribution in [0.2, 0.25) is 0 Å². The van der Waals surface area contributed by atoms with Crippen molar-refractivity contribution >= 4 is 5.91 Å². The Morgan fingerprint density at radius 2 is 2.25 bits per heavy atom. The van der Waals surface area contributed by atoms with Gasteiger partial charge in [-0.3, -0.25) is 4.79 Å². The second-order valence-electron chi connectivity index (χ2n) is 3.69. The first-order valence-corrected chi connectivity index (χ1v) is 4.53. The van der Waals surface area contributed by atoms with Gasteiger partial charge in [0.2, 0.25) is 5.91 Å². The summed E-state index contributed by atoms with van der Waals surface area (Å²) < 4.78 is 0. The molecule has 1 aliphatic heterocycles. The fourth-order valence-corrected chi connectivity index (χ4v) is 1.78. The molecule has 0 saturated carbocycles. The Bertz CT molecular complexity index is 170. The Balaban J connectivity index is 2.58. The van der Waals surface area contributed by atoms with Gasteiger partial charge in [-0.1, -0.05) is 6.92 Å². The van der Waals surface area contributed by atoms with Gasteiger partial charge in [-0.15, -0.1) is 0 Å². The second-order valence-corrected chi connectivity index (χ2v) is 3.69. The summed E-state index contributed by atoms with van der Waals surface area (Å²) in [5.74, 6) is 0.664. The molecule has 12 heavy (non-hydrogen) atoms. The zero-order valence-electron chi connectivity index (χ0n) is 7.79. The van der Waals surface area contributed by atoms with Crippen molar-refractivity contribution in [1.29, 1.82) is 0 Å². The predicted octanol–water partition coefficient (Wildman–Crippen LogP) is 0.626. The number of aliphatic hydroxyl groups excluding tert-OH is 1.